The van der Waals surface area contributed by atoms with Gasteiger partial charge in [0, 0.05) is 16.4 Å². The van der Waals surface area contributed by atoms with Gasteiger partial charge in [-0.25, -0.2) is 0 Å². The number of hydrogen-bond donors (Lipinski definition) is 2. The van der Waals surface area contributed by atoms with Gasteiger partial charge in [0.05, 0.1) is 11.8 Å². The lowest BCUT2D eigenvalue weighted by Crippen LogP contribution is -2.24. The maximum atomic E-state index is 12.5. The molecule has 5 heteroatoms. The summed E-state index contributed by atoms with van der Waals surface area (Å²) in [6.45, 7) is 1.87. The highest BCUT2D eigenvalue weighted by molar-refractivity contribution is 6.32. The first-order valence-corrected chi connectivity index (χ1v) is 7.45. The summed E-state index contributed by atoms with van der Waals surface area (Å²) in [7, 11) is 0. The monoisotopic (exact) mass is 312 g/mol. The van der Waals surface area contributed by atoms with Crippen molar-refractivity contribution in [2.45, 2.75) is 18.8 Å². The van der Waals surface area contributed by atoms with E-state index >= 15 is 0 Å². The summed E-state index contributed by atoms with van der Waals surface area (Å²) in [5.74, 6) is -1.31. The van der Waals surface area contributed by atoms with Gasteiger partial charge < -0.3 is 10.6 Å². The van der Waals surface area contributed by atoms with E-state index in [0.717, 1.165) is 28.1 Å². The van der Waals surface area contributed by atoms with Crippen molar-refractivity contribution in [3.05, 3.63) is 58.1 Å². The molecule has 2 unspecified atom stereocenters. The second kappa shape index (κ2) is 4.58. The zero-order chi connectivity index (χ0) is 15.4. The zero-order valence-corrected chi connectivity index (χ0v) is 12.6. The van der Waals surface area contributed by atoms with Crippen LogP contribution in [0.5, 0.6) is 0 Å². The van der Waals surface area contributed by atoms with Crippen molar-refractivity contribution >= 4 is 34.8 Å². The van der Waals surface area contributed by atoms with E-state index in [1.54, 1.807) is 6.07 Å². The van der Waals surface area contributed by atoms with Crippen molar-refractivity contribution in [3.63, 3.8) is 0 Å². The van der Waals surface area contributed by atoms with E-state index in [-0.39, 0.29) is 11.8 Å². The van der Waals surface area contributed by atoms with Crippen LogP contribution in [0.3, 0.4) is 0 Å². The van der Waals surface area contributed by atoms with Crippen LogP contribution in [0.1, 0.15) is 28.5 Å². The topological polar surface area (TPSA) is 58.2 Å². The highest BCUT2D eigenvalue weighted by atomic mass is 35.5. The van der Waals surface area contributed by atoms with Gasteiger partial charge in [-0.15, -0.1) is 0 Å². The van der Waals surface area contributed by atoms with E-state index in [2.05, 4.69) is 10.6 Å². The minimum atomic E-state index is -0.519. The summed E-state index contributed by atoms with van der Waals surface area (Å²) in [4.78, 5) is 24.9. The van der Waals surface area contributed by atoms with Crippen molar-refractivity contribution in [1.29, 1.82) is 0 Å². The second-order valence-corrected chi connectivity index (χ2v) is 6.06. The average molecular weight is 313 g/mol. The molecular formula is C17H13ClN2O2. The van der Waals surface area contributed by atoms with Crippen LogP contribution in [0.15, 0.2) is 36.4 Å². The van der Waals surface area contributed by atoms with Crippen LogP contribution in [0.2, 0.25) is 5.02 Å². The summed E-state index contributed by atoms with van der Waals surface area (Å²) < 4.78 is 0. The Bertz CT molecular complexity index is 831. The molecule has 2 aromatic rings. The molecule has 2 amide bonds. The van der Waals surface area contributed by atoms with E-state index in [9.17, 15) is 9.59 Å². The Morgan fingerprint density at radius 3 is 2.41 bits per heavy atom. The number of hydrogen-bond acceptors (Lipinski definition) is 2. The SMILES string of the molecule is Cc1c(Cl)ccc2c1NC(=O)C2C1C(=O)Nc2ccccc21. The second-order valence-electron chi connectivity index (χ2n) is 5.66. The van der Waals surface area contributed by atoms with Crippen LogP contribution >= 0.6 is 11.6 Å². The van der Waals surface area contributed by atoms with Gasteiger partial charge in [-0.1, -0.05) is 35.9 Å². The lowest BCUT2D eigenvalue weighted by molar-refractivity contribution is -0.123. The number of carbonyl (C=O) groups excluding carboxylic acids is 2. The first-order valence-electron chi connectivity index (χ1n) is 7.07. The molecule has 2 aliphatic heterocycles. The quantitative estimate of drug-likeness (QED) is 0.847. The van der Waals surface area contributed by atoms with E-state index in [1.807, 2.05) is 37.3 Å². The third-order valence-corrected chi connectivity index (χ3v) is 4.88. The van der Waals surface area contributed by atoms with Crippen molar-refractivity contribution in [1.82, 2.24) is 0 Å². The van der Waals surface area contributed by atoms with Gasteiger partial charge in [0.2, 0.25) is 11.8 Å². The number of halogens is 1. The maximum Gasteiger partial charge on any atom is 0.233 e. The Balaban J connectivity index is 1.87. The molecule has 0 aliphatic carbocycles. The number of nitrogens with one attached hydrogen (secondary N) is 2. The van der Waals surface area contributed by atoms with Gasteiger partial charge in [-0.3, -0.25) is 9.59 Å². The van der Waals surface area contributed by atoms with Gasteiger partial charge in [0.25, 0.3) is 0 Å². The summed E-state index contributed by atoms with van der Waals surface area (Å²) in [6.07, 6.45) is 0. The number of anilines is 2. The predicted octanol–water partition coefficient (Wildman–Crippen LogP) is 3.42. The Morgan fingerprint density at radius 1 is 0.909 bits per heavy atom. The molecule has 110 valence electrons. The number of amides is 2. The lowest BCUT2D eigenvalue weighted by atomic mass is 9.82. The smallest absolute Gasteiger partial charge is 0.233 e. The first-order chi connectivity index (χ1) is 10.6. The van der Waals surface area contributed by atoms with Gasteiger partial charge >= 0.3 is 0 Å². The molecule has 2 atom stereocenters. The molecule has 4 nitrogen and oxygen atoms in total. The Kier molecular flexibility index (Phi) is 2.78. The van der Waals surface area contributed by atoms with Gasteiger partial charge in [0.15, 0.2) is 0 Å². The van der Waals surface area contributed by atoms with Crippen molar-refractivity contribution < 1.29 is 9.59 Å². The highest BCUT2D eigenvalue weighted by Gasteiger charge is 2.45. The van der Waals surface area contributed by atoms with Crippen molar-refractivity contribution in [2.75, 3.05) is 10.6 Å². The summed E-state index contributed by atoms with van der Waals surface area (Å²) in [5.41, 5.74) is 4.06. The van der Waals surface area contributed by atoms with E-state index in [4.69, 9.17) is 11.6 Å². The number of fused-ring (bicyclic) bond motifs is 2. The summed E-state index contributed by atoms with van der Waals surface area (Å²) >= 11 is 6.13. The largest absolute Gasteiger partial charge is 0.325 e. The molecule has 2 aliphatic rings. The van der Waals surface area contributed by atoms with E-state index < -0.39 is 11.8 Å². The molecule has 0 bridgehead atoms. The predicted molar refractivity (Wildman–Crippen MR) is 85.4 cm³/mol. The molecule has 0 spiro atoms. The molecule has 0 fully saturated rings. The molecule has 2 N–H and O–H groups in total. The van der Waals surface area contributed by atoms with Crippen molar-refractivity contribution in [3.8, 4) is 0 Å². The normalized spacial score (nSPS) is 22.1. The van der Waals surface area contributed by atoms with Gasteiger partial charge in [0.1, 0.15) is 0 Å². The third kappa shape index (κ3) is 1.70. The van der Waals surface area contributed by atoms with Crippen LogP contribution in [0, 0.1) is 6.92 Å². The lowest BCUT2D eigenvalue weighted by Gasteiger charge is -2.16. The average Bonchev–Trinajstić information content (AvgIpc) is 2.99. The van der Waals surface area contributed by atoms with Crippen LogP contribution in [0.25, 0.3) is 0 Å². The minimum absolute atomic E-state index is 0.137. The molecule has 22 heavy (non-hydrogen) atoms. The highest BCUT2D eigenvalue weighted by Crippen LogP contribution is 2.48. The molecule has 4 rings (SSSR count). The fraction of sp³-hybridized carbons (Fsp3) is 0.176. The zero-order valence-electron chi connectivity index (χ0n) is 11.8. The number of carbonyl (C=O) groups is 2. The Hall–Kier alpha value is -2.33. The van der Waals surface area contributed by atoms with Crippen LogP contribution < -0.4 is 10.6 Å². The Labute approximate surface area is 132 Å². The molecule has 2 heterocycles. The van der Waals surface area contributed by atoms with E-state index in [0.29, 0.717) is 5.02 Å². The molecule has 0 saturated heterocycles. The molecular weight excluding hydrogens is 300 g/mol. The number of benzene rings is 2. The fourth-order valence-electron chi connectivity index (χ4n) is 3.37. The standard InChI is InChI=1S/C17H13ClN2O2/c1-8-11(18)7-6-10-14(17(22)20-15(8)10)13-9-4-2-3-5-12(9)19-16(13)21/h2-7,13-14H,1H3,(H,19,21)(H,20,22). The Morgan fingerprint density at radius 2 is 1.59 bits per heavy atom. The molecule has 2 aromatic carbocycles. The van der Waals surface area contributed by atoms with E-state index in [1.165, 1.54) is 0 Å². The van der Waals surface area contributed by atoms with Gasteiger partial charge in [-0.2, -0.15) is 0 Å². The van der Waals surface area contributed by atoms with Crippen molar-refractivity contribution in [2.24, 2.45) is 0 Å². The first kappa shape index (κ1) is 13.3. The van der Waals surface area contributed by atoms with Crippen LogP contribution in [-0.2, 0) is 9.59 Å². The summed E-state index contributed by atoms with van der Waals surface area (Å²) in [5, 5.41) is 6.35. The fourth-order valence-corrected chi connectivity index (χ4v) is 3.53. The third-order valence-electron chi connectivity index (χ3n) is 4.47. The molecule has 0 aromatic heterocycles. The number of para-hydroxylation sites is 1. The van der Waals surface area contributed by atoms with Crippen LogP contribution in [-0.4, -0.2) is 11.8 Å². The van der Waals surface area contributed by atoms with Crippen LogP contribution in [0.4, 0.5) is 11.4 Å². The maximum absolute atomic E-state index is 12.5. The molecule has 0 radical (unpaired) electrons. The van der Waals surface area contributed by atoms with Gasteiger partial charge in [-0.05, 0) is 35.7 Å². The molecule has 0 saturated carbocycles. The summed E-state index contributed by atoms with van der Waals surface area (Å²) in [6, 6.07) is 11.1. The minimum Gasteiger partial charge on any atom is -0.325 e. The number of rotatable bonds is 1.